The van der Waals surface area contributed by atoms with Crippen LogP contribution in [0.1, 0.15) is 11.1 Å². The van der Waals surface area contributed by atoms with Crippen LogP contribution in [0, 0.1) is 34.5 Å². The highest BCUT2D eigenvalue weighted by Gasteiger charge is 2.24. The largest absolute Gasteiger partial charge is 0.229 e. The Hall–Kier alpha value is -2.63. The van der Waals surface area contributed by atoms with Crippen molar-refractivity contribution in [3.05, 3.63) is 71.8 Å². The molecule has 2 unspecified atom stereocenters. The molecule has 0 aliphatic carbocycles. The average molecular weight is 352 g/mol. The highest BCUT2D eigenvalue weighted by atomic mass is 32.2. The summed E-state index contributed by atoms with van der Waals surface area (Å²) in [4.78, 5) is 0. The minimum atomic E-state index is -3.49. The molecule has 4 nitrogen and oxygen atoms in total. The number of rotatable bonds is 8. The molecule has 2 aromatic rings. The summed E-state index contributed by atoms with van der Waals surface area (Å²) in [5.74, 6) is -1.65. The molecule has 0 bridgehead atoms. The molecule has 0 spiro atoms. The van der Waals surface area contributed by atoms with Gasteiger partial charge in [0.25, 0.3) is 0 Å². The van der Waals surface area contributed by atoms with Gasteiger partial charge < -0.3 is 0 Å². The van der Waals surface area contributed by atoms with Crippen LogP contribution in [0.15, 0.2) is 60.7 Å². The van der Waals surface area contributed by atoms with Crippen LogP contribution >= 0.6 is 0 Å². The topological polar surface area (TPSA) is 81.7 Å². The molecule has 0 radical (unpaired) electrons. The van der Waals surface area contributed by atoms with Gasteiger partial charge in [-0.3, -0.25) is 0 Å². The molecule has 0 saturated carbocycles. The summed E-state index contributed by atoms with van der Waals surface area (Å²) in [5, 5.41) is 18.6. The van der Waals surface area contributed by atoms with Crippen molar-refractivity contribution in [2.75, 3.05) is 11.5 Å². The second-order valence-electron chi connectivity index (χ2n) is 6.11. The van der Waals surface area contributed by atoms with E-state index < -0.39 is 21.7 Å². The van der Waals surface area contributed by atoms with Crippen molar-refractivity contribution in [1.29, 1.82) is 10.5 Å². The van der Waals surface area contributed by atoms with Gasteiger partial charge in [-0.2, -0.15) is 10.5 Å². The molecule has 5 heteroatoms. The van der Waals surface area contributed by atoms with Gasteiger partial charge in [0.2, 0.25) is 0 Å². The van der Waals surface area contributed by atoms with Gasteiger partial charge in [0.1, 0.15) is 0 Å². The number of benzene rings is 2. The van der Waals surface area contributed by atoms with E-state index in [4.69, 9.17) is 0 Å². The maximum absolute atomic E-state index is 12.4. The summed E-state index contributed by atoms with van der Waals surface area (Å²) < 4.78 is 24.9. The highest BCUT2D eigenvalue weighted by molar-refractivity contribution is 7.91. The fraction of sp³-hybridized carbons (Fsp3) is 0.300. The van der Waals surface area contributed by atoms with Crippen LogP contribution in [0.25, 0.3) is 0 Å². The predicted octanol–water partition coefficient (Wildman–Crippen LogP) is 3.17. The van der Waals surface area contributed by atoms with Gasteiger partial charge in [-0.15, -0.1) is 0 Å². The second-order valence-corrected chi connectivity index (χ2v) is 8.26. The van der Waals surface area contributed by atoms with Gasteiger partial charge in [0, 0.05) is 0 Å². The van der Waals surface area contributed by atoms with Crippen LogP contribution in [0.4, 0.5) is 0 Å². The summed E-state index contributed by atoms with van der Waals surface area (Å²) in [5.41, 5.74) is 1.87. The lowest BCUT2D eigenvalue weighted by molar-refractivity contribution is 0.573. The molecule has 0 aliphatic heterocycles. The van der Waals surface area contributed by atoms with Crippen molar-refractivity contribution >= 4 is 9.84 Å². The van der Waals surface area contributed by atoms with Crippen molar-refractivity contribution in [2.24, 2.45) is 11.8 Å². The molecule has 25 heavy (non-hydrogen) atoms. The molecule has 128 valence electrons. The lowest BCUT2D eigenvalue weighted by Crippen LogP contribution is -2.24. The Balaban J connectivity index is 1.99. The maximum Gasteiger partial charge on any atom is 0.152 e. The van der Waals surface area contributed by atoms with Gasteiger partial charge >= 0.3 is 0 Å². The number of hydrogen-bond donors (Lipinski definition) is 0. The normalized spacial score (nSPS) is 13.4. The van der Waals surface area contributed by atoms with Crippen molar-refractivity contribution in [1.82, 2.24) is 0 Å². The van der Waals surface area contributed by atoms with Gasteiger partial charge in [0.15, 0.2) is 9.84 Å². The zero-order valence-corrected chi connectivity index (χ0v) is 14.7. The minimum absolute atomic E-state index is 0.217. The number of nitriles is 2. The van der Waals surface area contributed by atoms with Gasteiger partial charge in [-0.25, -0.2) is 8.42 Å². The third-order valence-electron chi connectivity index (χ3n) is 3.93. The van der Waals surface area contributed by atoms with Crippen LogP contribution < -0.4 is 0 Å². The number of hydrogen-bond acceptors (Lipinski definition) is 4. The third kappa shape index (κ3) is 6.41. The van der Waals surface area contributed by atoms with E-state index in [0.29, 0.717) is 12.8 Å². The van der Waals surface area contributed by atoms with Crippen LogP contribution in [0.2, 0.25) is 0 Å². The molecule has 0 fully saturated rings. The molecule has 0 aliphatic rings. The zero-order chi connectivity index (χ0) is 18.1. The van der Waals surface area contributed by atoms with E-state index in [1.165, 1.54) is 0 Å². The highest BCUT2D eigenvalue weighted by Crippen LogP contribution is 2.15. The maximum atomic E-state index is 12.4. The van der Waals surface area contributed by atoms with Crippen LogP contribution in [0.5, 0.6) is 0 Å². The van der Waals surface area contributed by atoms with Crippen LogP contribution in [0.3, 0.4) is 0 Å². The second kappa shape index (κ2) is 9.01. The Morgan fingerprint density at radius 2 is 1.08 bits per heavy atom. The van der Waals surface area contributed by atoms with E-state index in [1.54, 1.807) is 0 Å². The Labute approximate surface area is 149 Å². The lowest BCUT2D eigenvalue weighted by Gasteiger charge is -2.13. The van der Waals surface area contributed by atoms with Crippen LogP contribution in [-0.2, 0) is 22.7 Å². The molecule has 0 heterocycles. The van der Waals surface area contributed by atoms with Crippen LogP contribution in [-0.4, -0.2) is 19.9 Å². The average Bonchev–Trinajstić information content (AvgIpc) is 2.62. The van der Waals surface area contributed by atoms with E-state index >= 15 is 0 Å². The van der Waals surface area contributed by atoms with Gasteiger partial charge in [-0.05, 0) is 24.0 Å². The molecule has 2 rings (SSSR count). The van der Waals surface area contributed by atoms with E-state index in [1.807, 2.05) is 60.7 Å². The summed E-state index contributed by atoms with van der Waals surface area (Å²) >= 11 is 0. The smallest absolute Gasteiger partial charge is 0.152 e. The monoisotopic (exact) mass is 352 g/mol. The standard InChI is InChI=1S/C20H20N2O2S/c21-13-19(11-17-7-3-1-4-8-17)15-25(23,24)16-20(14-22)12-18-9-5-2-6-10-18/h1-10,19-20H,11-12,15-16H2. The predicted molar refractivity (Wildman–Crippen MR) is 97.2 cm³/mol. The quantitative estimate of drug-likeness (QED) is 0.731. The Morgan fingerprint density at radius 1 is 0.720 bits per heavy atom. The summed E-state index contributed by atoms with van der Waals surface area (Å²) in [6.07, 6.45) is 0.791. The summed E-state index contributed by atoms with van der Waals surface area (Å²) in [6.45, 7) is 0. The molecule has 0 N–H and O–H groups in total. The van der Waals surface area contributed by atoms with E-state index in [2.05, 4.69) is 12.1 Å². The Kier molecular flexibility index (Phi) is 6.74. The molecular weight excluding hydrogens is 332 g/mol. The zero-order valence-electron chi connectivity index (χ0n) is 13.9. The van der Waals surface area contributed by atoms with E-state index in [0.717, 1.165) is 11.1 Å². The number of sulfone groups is 1. The Bertz CT molecular complexity index is 783. The summed E-state index contributed by atoms with van der Waals surface area (Å²) in [7, 11) is -3.49. The van der Waals surface area contributed by atoms with Gasteiger partial charge in [-0.1, -0.05) is 60.7 Å². The Morgan fingerprint density at radius 3 is 1.40 bits per heavy atom. The van der Waals surface area contributed by atoms with Crippen molar-refractivity contribution < 1.29 is 8.42 Å². The molecule has 0 aromatic heterocycles. The SMILES string of the molecule is N#CC(Cc1ccccc1)CS(=O)(=O)CC(C#N)Cc1ccccc1. The van der Waals surface area contributed by atoms with Crippen molar-refractivity contribution in [3.8, 4) is 12.1 Å². The molecule has 0 amide bonds. The van der Waals surface area contributed by atoms with Crippen molar-refractivity contribution in [2.45, 2.75) is 12.8 Å². The fourth-order valence-electron chi connectivity index (χ4n) is 2.76. The first-order valence-electron chi connectivity index (χ1n) is 8.10. The number of nitrogens with zero attached hydrogens (tertiary/aromatic N) is 2. The lowest BCUT2D eigenvalue weighted by atomic mass is 10.0. The first-order chi connectivity index (χ1) is 12.0. The third-order valence-corrected chi connectivity index (χ3v) is 5.75. The van der Waals surface area contributed by atoms with E-state index in [9.17, 15) is 18.9 Å². The molecule has 0 saturated heterocycles. The first kappa shape index (κ1) is 18.7. The molecule has 2 atom stereocenters. The molecular formula is C20H20N2O2S. The first-order valence-corrected chi connectivity index (χ1v) is 9.92. The summed E-state index contributed by atoms with van der Waals surface area (Å²) in [6, 6.07) is 22.9. The van der Waals surface area contributed by atoms with Gasteiger partial charge in [0.05, 0.1) is 35.5 Å². The van der Waals surface area contributed by atoms with Crippen molar-refractivity contribution in [3.63, 3.8) is 0 Å². The minimum Gasteiger partial charge on any atom is -0.229 e. The fourth-order valence-corrected chi connectivity index (χ4v) is 4.51. The molecule has 2 aromatic carbocycles. The van der Waals surface area contributed by atoms with E-state index in [-0.39, 0.29) is 11.5 Å².